The number of fused-ring (bicyclic) bond motifs is 1. The summed E-state index contributed by atoms with van der Waals surface area (Å²) in [6, 6.07) is 5.60. The Morgan fingerprint density at radius 1 is 1.47 bits per heavy atom. The van der Waals surface area contributed by atoms with Crippen molar-refractivity contribution in [3.63, 3.8) is 0 Å². The Morgan fingerprint density at radius 2 is 2.16 bits per heavy atom. The highest BCUT2D eigenvalue weighted by Gasteiger charge is 2.28. The van der Waals surface area contributed by atoms with Gasteiger partial charge in [-0.1, -0.05) is 25.2 Å². The topological polar surface area (TPSA) is 64.3 Å². The van der Waals surface area contributed by atoms with E-state index in [4.69, 9.17) is 22.7 Å². The first-order valence-corrected chi connectivity index (χ1v) is 6.69. The Bertz CT molecular complexity index is 530. The van der Waals surface area contributed by atoms with Crippen LogP contribution >= 0.6 is 12.2 Å². The highest BCUT2D eigenvalue weighted by molar-refractivity contribution is 7.80. The first-order valence-electron chi connectivity index (χ1n) is 6.28. The van der Waals surface area contributed by atoms with Gasteiger partial charge in [-0.15, -0.1) is 0 Å². The minimum Gasteiger partial charge on any atom is -0.391 e. The van der Waals surface area contributed by atoms with Crippen molar-refractivity contribution in [2.75, 3.05) is 0 Å². The molecule has 1 atom stereocenters. The molecule has 1 unspecified atom stereocenters. The normalized spacial score (nSPS) is 16.5. The third kappa shape index (κ3) is 2.77. The molecule has 1 aliphatic heterocycles. The zero-order chi connectivity index (χ0) is 14.0. The number of rotatable bonds is 4. The van der Waals surface area contributed by atoms with Crippen LogP contribution in [-0.4, -0.2) is 16.4 Å². The van der Waals surface area contributed by atoms with Gasteiger partial charge in [0, 0.05) is 5.56 Å². The molecular formula is C14H18N2O2S. The van der Waals surface area contributed by atoms with Crippen molar-refractivity contribution in [3.05, 3.63) is 34.9 Å². The van der Waals surface area contributed by atoms with Crippen molar-refractivity contribution in [1.29, 1.82) is 0 Å². The second-order valence-corrected chi connectivity index (χ2v) is 5.42. The molecule has 0 fully saturated rings. The zero-order valence-electron chi connectivity index (χ0n) is 11.2. The second-order valence-electron chi connectivity index (χ2n) is 4.98. The molecule has 0 bridgehead atoms. The summed E-state index contributed by atoms with van der Waals surface area (Å²) in [6.07, 6.45) is 0.655. The number of ether oxygens (including phenoxy) is 1. The van der Waals surface area contributed by atoms with Crippen LogP contribution in [0.5, 0.6) is 0 Å². The van der Waals surface area contributed by atoms with Crippen LogP contribution < -0.4 is 11.1 Å². The number of hydrogen-bond donors (Lipinski definition) is 2. The molecule has 4 nitrogen and oxygen atoms in total. The fourth-order valence-corrected chi connectivity index (χ4v) is 2.16. The fraction of sp³-hybridized carbons (Fsp3) is 0.429. The monoisotopic (exact) mass is 278 g/mol. The molecule has 1 aromatic rings. The molecule has 0 aromatic heterocycles. The first-order chi connectivity index (χ1) is 8.96. The molecule has 3 N–H and O–H groups in total. The Hall–Kier alpha value is -1.46. The van der Waals surface area contributed by atoms with E-state index in [1.54, 1.807) is 6.07 Å². The minimum atomic E-state index is -0.651. The molecule has 0 radical (unpaired) electrons. The van der Waals surface area contributed by atoms with Crippen LogP contribution in [0.25, 0.3) is 0 Å². The van der Waals surface area contributed by atoms with Gasteiger partial charge in [0.25, 0.3) is 5.91 Å². The van der Waals surface area contributed by atoms with Gasteiger partial charge in [-0.2, -0.15) is 0 Å². The van der Waals surface area contributed by atoms with E-state index in [0.717, 1.165) is 11.1 Å². The number of nitrogens with one attached hydrogen (secondary N) is 1. The number of carbonyl (C=O) groups is 1. The van der Waals surface area contributed by atoms with Crippen LogP contribution in [0.1, 0.15) is 41.8 Å². The molecule has 102 valence electrons. The fourth-order valence-electron chi connectivity index (χ4n) is 1.96. The highest BCUT2D eigenvalue weighted by atomic mass is 32.1. The van der Waals surface area contributed by atoms with Gasteiger partial charge in [0.15, 0.2) is 0 Å². The SMILES string of the molecule is CCC(C)(NC(=O)c1ccc2c(c1)COC2)C(N)=S. The highest BCUT2D eigenvalue weighted by Crippen LogP contribution is 2.21. The van der Waals surface area contributed by atoms with Crippen molar-refractivity contribution in [2.24, 2.45) is 5.73 Å². The average molecular weight is 278 g/mol. The van der Waals surface area contributed by atoms with Crippen LogP contribution in [0.2, 0.25) is 0 Å². The van der Waals surface area contributed by atoms with E-state index in [-0.39, 0.29) is 5.91 Å². The molecule has 1 aromatic carbocycles. The maximum absolute atomic E-state index is 12.3. The summed E-state index contributed by atoms with van der Waals surface area (Å²) in [4.78, 5) is 12.6. The van der Waals surface area contributed by atoms with Gasteiger partial charge in [0.1, 0.15) is 0 Å². The van der Waals surface area contributed by atoms with Crippen molar-refractivity contribution in [3.8, 4) is 0 Å². The summed E-state index contributed by atoms with van der Waals surface area (Å²) < 4.78 is 5.34. The number of carbonyl (C=O) groups excluding carboxylic acids is 1. The number of amides is 1. The number of hydrogen-bond acceptors (Lipinski definition) is 3. The van der Waals surface area contributed by atoms with E-state index in [2.05, 4.69) is 5.32 Å². The number of nitrogens with two attached hydrogens (primary N) is 1. The Morgan fingerprint density at radius 3 is 2.79 bits per heavy atom. The van der Waals surface area contributed by atoms with Crippen molar-refractivity contribution < 1.29 is 9.53 Å². The van der Waals surface area contributed by atoms with Crippen molar-refractivity contribution in [2.45, 2.75) is 39.0 Å². The van der Waals surface area contributed by atoms with E-state index >= 15 is 0 Å². The summed E-state index contributed by atoms with van der Waals surface area (Å²) in [5.74, 6) is -0.160. The average Bonchev–Trinajstić information content (AvgIpc) is 2.85. The van der Waals surface area contributed by atoms with Crippen LogP contribution in [0.4, 0.5) is 0 Å². The Balaban J connectivity index is 2.18. The molecule has 1 amide bonds. The maximum atomic E-state index is 12.3. The van der Waals surface area contributed by atoms with E-state index in [1.165, 1.54) is 0 Å². The van der Waals surface area contributed by atoms with Gasteiger partial charge in [0.2, 0.25) is 0 Å². The molecule has 1 heterocycles. The lowest BCUT2D eigenvalue weighted by Gasteiger charge is -2.28. The van der Waals surface area contributed by atoms with Gasteiger partial charge >= 0.3 is 0 Å². The van der Waals surface area contributed by atoms with Crippen LogP contribution in [-0.2, 0) is 18.0 Å². The smallest absolute Gasteiger partial charge is 0.252 e. The quantitative estimate of drug-likeness (QED) is 0.826. The van der Waals surface area contributed by atoms with Gasteiger partial charge < -0.3 is 15.8 Å². The zero-order valence-corrected chi connectivity index (χ0v) is 12.0. The van der Waals surface area contributed by atoms with E-state index in [9.17, 15) is 4.79 Å². The molecule has 2 rings (SSSR count). The molecule has 0 spiro atoms. The molecular weight excluding hydrogens is 260 g/mol. The Labute approximate surface area is 118 Å². The predicted molar refractivity (Wildman–Crippen MR) is 77.9 cm³/mol. The molecule has 19 heavy (non-hydrogen) atoms. The van der Waals surface area contributed by atoms with Crippen LogP contribution in [0.15, 0.2) is 18.2 Å². The summed E-state index contributed by atoms with van der Waals surface area (Å²) in [5.41, 5.74) is 7.87. The summed E-state index contributed by atoms with van der Waals surface area (Å²) >= 11 is 5.02. The predicted octanol–water partition coefficient (Wildman–Crippen LogP) is 1.90. The van der Waals surface area contributed by atoms with Crippen molar-refractivity contribution in [1.82, 2.24) is 5.32 Å². The summed E-state index contributed by atoms with van der Waals surface area (Å²) in [5, 5.41) is 2.90. The van der Waals surface area contributed by atoms with Crippen LogP contribution in [0.3, 0.4) is 0 Å². The van der Waals surface area contributed by atoms with Gasteiger partial charge in [-0.25, -0.2) is 0 Å². The number of benzene rings is 1. The van der Waals surface area contributed by atoms with Gasteiger partial charge in [-0.3, -0.25) is 4.79 Å². The molecule has 0 aliphatic carbocycles. The van der Waals surface area contributed by atoms with E-state index in [0.29, 0.717) is 30.2 Å². The molecule has 0 saturated heterocycles. The molecule has 5 heteroatoms. The first kappa shape index (κ1) is 14.0. The Kier molecular flexibility index (Phi) is 3.87. The lowest BCUT2D eigenvalue weighted by Crippen LogP contribution is -2.54. The number of thiocarbonyl (C=S) groups is 1. The second kappa shape index (κ2) is 5.27. The van der Waals surface area contributed by atoms with E-state index < -0.39 is 5.54 Å². The third-order valence-corrected chi connectivity index (χ3v) is 4.07. The van der Waals surface area contributed by atoms with Gasteiger partial charge in [0.05, 0.1) is 23.7 Å². The molecule has 1 aliphatic rings. The van der Waals surface area contributed by atoms with E-state index in [1.807, 2.05) is 26.0 Å². The lowest BCUT2D eigenvalue weighted by atomic mass is 9.97. The van der Waals surface area contributed by atoms with Crippen LogP contribution in [0, 0.1) is 0 Å². The summed E-state index contributed by atoms with van der Waals surface area (Å²) in [7, 11) is 0. The minimum absolute atomic E-state index is 0.160. The third-order valence-electron chi connectivity index (χ3n) is 3.62. The molecule has 0 saturated carbocycles. The van der Waals surface area contributed by atoms with Crippen molar-refractivity contribution >= 4 is 23.1 Å². The maximum Gasteiger partial charge on any atom is 0.252 e. The van der Waals surface area contributed by atoms with Gasteiger partial charge in [-0.05, 0) is 36.6 Å². The summed E-state index contributed by atoms with van der Waals surface area (Å²) in [6.45, 7) is 4.97. The lowest BCUT2D eigenvalue weighted by molar-refractivity contribution is 0.0926. The standard InChI is InChI=1S/C14H18N2O2S/c1-3-14(2,13(15)19)16-12(17)9-4-5-10-7-18-8-11(10)6-9/h4-6H,3,7-8H2,1-2H3,(H2,15,19)(H,16,17). The largest absolute Gasteiger partial charge is 0.391 e.